The van der Waals surface area contributed by atoms with E-state index in [1.54, 1.807) is 7.11 Å². The van der Waals surface area contributed by atoms with E-state index in [4.69, 9.17) is 9.15 Å². The summed E-state index contributed by atoms with van der Waals surface area (Å²) in [6.07, 6.45) is 0. The average Bonchev–Trinajstić information content (AvgIpc) is 3.19. The first-order chi connectivity index (χ1) is 13.6. The molecule has 6 heteroatoms. The summed E-state index contributed by atoms with van der Waals surface area (Å²) in [5, 5.41) is 8.43. The minimum Gasteiger partial charge on any atom is -0.497 e. The van der Waals surface area contributed by atoms with Crippen molar-refractivity contribution in [2.75, 3.05) is 38.2 Å². The van der Waals surface area contributed by atoms with Crippen LogP contribution in [0.5, 0.6) is 5.75 Å². The first-order valence-electron chi connectivity index (χ1n) is 9.64. The van der Waals surface area contributed by atoms with Crippen molar-refractivity contribution in [2.45, 2.75) is 20.4 Å². The Morgan fingerprint density at radius 3 is 2.43 bits per heavy atom. The summed E-state index contributed by atoms with van der Waals surface area (Å²) in [4.78, 5) is 4.84. The number of ether oxygens (including phenoxy) is 1. The van der Waals surface area contributed by atoms with Gasteiger partial charge in [0, 0.05) is 37.4 Å². The Morgan fingerprint density at radius 1 is 0.964 bits per heavy atom. The molecule has 0 saturated carbocycles. The quantitative estimate of drug-likeness (QED) is 0.675. The maximum atomic E-state index is 5.87. The van der Waals surface area contributed by atoms with Crippen LogP contribution < -0.4 is 9.64 Å². The molecule has 0 aliphatic carbocycles. The van der Waals surface area contributed by atoms with Crippen molar-refractivity contribution >= 4 is 5.69 Å². The number of aryl methyl sites for hydroxylation is 1. The molecule has 0 bridgehead atoms. The summed E-state index contributed by atoms with van der Waals surface area (Å²) < 4.78 is 11.1. The molecule has 0 spiro atoms. The SMILES string of the molecule is COc1ccc(-c2nnc(CN3CCN(c4cccc(C)c4C)CC3)o2)cc1. The number of anilines is 1. The molecule has 0 amide bonds. The van der Waals surface area contributed by atoms with Crippen molar-refractivity contribution in [3.8, 4) is 17.2 Å². The van der Waals surface area contributed by atoms with Crippen LogP contribution in [0.15, 0.2) is 46.9 Å². The molecule has 1 saturated heterocycles. The van der Waals surface area contributed by atoms with Crippen molar-refractivity contribution in [3.63, 3.8) is 0 Å². The molecule has 2 heterocycles. The summed E-state index contributed by atoms with van der Waals surface area (Å²) >= 11 is 0. The molecule has 1 aromatic heterocycles. The summed E-state index contributed by atoms with van der Waals surface area (Å²) in [5.41, 5.74) is 4.97. The van der Waals surface area contributed by atoms with Gasteiger partial charge in [0.05, 0.1) is 13.7 Å². The van der Waals surface area contributed by atoms with Crippen LogP contribution in [0.2, 0.25) is 0 Å². The van der Waals surface area contributed by atoms with Crippen LogP contribution in [0.4, 0.5) is 5.69 Å². The third kappa shape index (κ3) is 3.87. The number of rotatable bonds is 5. The highest BCUT2D eigenvalue weighted by Gasteiger charge is 2.20. The largest absolute Gasteiger partial charge is 0.497 e. The number of methoxy groups -OCH3 is 1. The molecule has 4 rings (SSSR count). The zero-order chi connectivity index (χ0) is 19.5. The van der Waals surface area contributed by atoms with Crippen LogP contribution >= 0.6 is 0 Å². The zero-order valence-electron chi connectivity index (χ0n) is 16.7. The Hall–Kier alpha value is -2.86. The van der Waals surface area contributed by atoms with E-state index >= 15 is 0 Å². The highest BCUT2D eigenvalue weighted by Crippen LogP contribution is 2.25. The molecule has 1 aliphatic rings. The third-order valence-corrected chi connectivity index (χ3v) is 5.45. The van der Waals surface area contributed by atoms with Gasteiger partial charge in [0.1, 0.15) is 5.75 Å². The predicted molar refractivity (Wildman–Crippen MR) is 110 cm³/mol. The Balaban J connectivity index is 1.36. The van der Waals surface area contributed by atoms with Gasteiger partial charge < -0.3 is 14.1 Å². The van der Waals surface area contributed by atoms with Crippen molar-refractivity contribution in [1.82, 2.24) is 15.1 Å². The van der Waals surface area contributed by atoms with Gasteiger partial charge >= 0.3 is 0 Å². The first-order valence-corrected chi connectivity index (χ1v) is 9.64. The molecular formula is C22H26N4O2. The van der Waals surface area contributed by atoms with E-state index in [-0.39, 0.29) is 0 Å². The second kappa shape index (κ2) is 8.02. The van der Waals surface area contributed by atoms with Crippen molar-refractivity contribution < 1.29 is 9.15 Å². The second-order valence-electron chi connectivity index (χ2n) is 7.21. The monoisotopic (exact) mass is 378 g/mol. The smallest absolute Gasteiger partial charge is 0.247 e. The number of nitrogens with zero attached hydrogens (tertiary/aromatic N) is 4. The lowest BCUT2D eigenvalue weighted by Gasteiger charge is -2.36. The van der Waals surface area contributed by atoms with Crippen LogP contribution in [-0.4, -0.2) is 48.4 Å². The standard InChI is InChI=1S/C22H26N4O2/c1-16-5-4-6-20(17(16)2)26-13-11-25(12-14-26)15-21-23-24-22(28-21)18-7-9-19(27-3)10-8-18/h4-10H,11-15H2,1-3H3. The van der Waals surface area contributed by atoms with Gasteiger partial charge in [-0.25, -0.2) is 0 Å². The summed E-state index contributed by atoms with van der Waals surface area (Å²) in [5.74, 6) is 2.02. The molecule has 6 nitrogen and oxygen atoms in total. The average molecular weight is 378 g/mol. The molecule has 146 valence electrons. The Kier molecular flexibility index (Phi) is 5.30. The number of aromatic nitrogens is 2. The lowest BCUT2D eigenvalue weighted by atomic mass is 10.1. The molecular weight excluding hydrogens is 352 g/mol. The van der Waals surface area contributed by atoms with Gasteiger partial charge in [-0.05, 0) is 55.3 Å². The predicted octanol–water partition coefficient (Wildman–Crippen LogP) is 3.68. The summed E-state index contributed by atoms with van der Waals surface area (Å²) in [6, 6.07) is 14.2. The van der Waals surface area contributed by atoms with Crippen LogP contribution in [0, 0.1) is 13.8 Å². The molecule has 1 aliphatic heterocycles. The summed E-state index contributed by atoms with van der Waals surface area (Å²) in [6.45, 7) is 9.03. The fraction of sp³-hybridized carbons (Fsp3) is 0.364. The maximum absolute atomic E-state index is 5.87. The Labute approximate surface area is 165 Å². The van der Waals surface area contributed by atoms with Crippen LogP contribution in [-0.2, 0) is 6.54 Å². The van der Waals surface area contributed by atoms with E-state index in [0.29, 0.717) is 18.3 Å². The molecule has 0 N–H and O–H groups in total. The molecule has 1 fully saturated rings. The third-order valence-electron chi connectivity index (χ3n) is 5.45. The number of piperazine rings is 1. The van der Waals surface area contributed by atoms with E-state index in [0.717, 1.165) is 37.5 Å². The molecule has 2 aromatic carbocycles. The summed E-state index contributed by atoms with van der Waals surface area (Å²) in [7, 11) is 1.65. The van der Waals surface area contributed by atoms with Gasteiger partial charge in [0.15, 0.2) is 0 Å². The zero-order valence-corrected chi connectivity index (χ0v) is 16.7. The van der Waals surface area contributed by atoms with Gasteiger partial charge in [-0.2, -0.15) is 0 Å². The fourth-order valence-corrected chi connectivity index (χ4v) is 3.58. The topological polar surface area (TPSA) is 54.6 Å². The maximum Gasteiger partial charge on any atom is 0.247 e. The number of benzene rings is 2. The second-order valence-corrected chi connectivity index (χ2v) is 7.21. The van der Waals surface area contributed by atoms with E-state index in [1.807, 2.05) is 24.3 Å². The lowest BCUT2D eigenvalue weighted by Crippen LogP contribution is -2.46. The Bertz CT molecular complexity index is 928. The first kappa shape index (κ1) is 18.5. The van der Waals surface area contributed by atoms with Gasteiger partial charge in [0.25, 0.3) is 0 Å². The van der Waals surface area contributed by atoms with Crippen molar-refractivity contribution in [3.05, 3.63) is 59.5 Å². The molecule has 28 heavy (non-hydrogen) atoms. The minimum atomic E-state index is 0.548. The van der Waals surface area contributed by atoms with Gasteiger partial charge in [-0.1, -0.05) is 12.1 Å². The van der Waals surface area contributed by atoms with Gasteiger partial charge in [-0.15, -0.1) is 10.2 Å². The number of hydrogen-bond donors (Lipinski definition) is 0. The van der Waals surface area contributed by atoms with Crippen LogP contribution in [0.25, 0.3) is 11.5 Å². The fourth-order valence-electron chi connectivity index (χ4n) is 3.58. The highest BCUT2D eigenvalue weighted by atomic mass is 16.5. The molecule has 3 aromatic rings. The van der Waals surface area contributed by atoms with E-state index in [1.165, 1.54) is 16.8 Å². The van der Waals surface area contributed by atoms with Crippen LogP contribution in [0.1, 0.15) is 17.0 Å². The van der Waals surface area contributed by atoms with Crippen LogP contribution in [0.3, 0.4) is 0 Å². The van der Waals surface area contributed by atoms with Crippen molar-refractivity contribution in [2.24, 2.45) is 0 Å². The van der Waals surface area contributed by atoms with E-state index in [2.05, 4.69) is 52.0 Å². The van der Waals surface area contributed by atoms with Gasteiger partial charge in [0.2, 0.25) is 11.8 Å². The molecule has 0 radical (unpaired) electrons. The molecule has 0 atom stereocenters. The molecule has 0 unspecified atom stereocenters. The highest BCUT2D eigenvalue weighted by molar-refractivity contribution is 5.56. The normalized spacial score (nSPS) is 15.0. The van der Waals surface area contributed by atoms with E-state index < -0.39 is 0 Å². The lowest BCUT2D eigenvalue weighted by molar-refractivity contribution is 0.227. The number of hydrogen-bond acceptors (Lipinski definition) is 6. The Morgan fingerprint density at radius 2 is 1.71 bits per heavy atom. The van der Waals surface area contributed by atoms with Crippen molar-refractivity contribution in [1.29, 1.82) is 0 Å². The van der Waals surface area contributed by atoms with Gasteiger partial charge in [-0.3, -0.25) is 4.90 Å². The minimum absolute atomic E-state index is 0.548. The van der Waals surface area contributed by atoms with E-state index in [9.17, 15) is 0 Å².